The Labute approximate surface area is 102 Å². The van der Waals surface area contributed by atoms with E-state index in [-0.39, 0.29) is 6.03 Å². The molecule has 0 fully saturated rings. The minimum Gasteiger partial charge on any atom is -0.399 e. The van der Waals surface area contributed by atoms with E-state index < -0.39 is 0 Å². The highest BCUT2D eigenvalue weighted by atomic mass is 16.2. The van der Waals surface area contributed by atoms with Crippen LogP contribution in [-0.4, -0.2) is 30.6 Å². The zero-order valence-corrected chi connectivity index (χ0v) is 10.4. The minimum atomic E-state index is 0.0827. The van der Waals surface area contributed by atoms with Gasteiger partial charge in [-0.25, -0.2) is 4.79 Å². The van der Waals surface area contributed by atoms with E-state index in [9.17, 15) is 4.79 Å². The molecule has 0 spiro atoms. The van der Waals surface area contributed by atoms with Gasteiger partial charge in [-0.3, -0.25) is 4.90 Å². The van der Waals surface area contributed by atoms with Crippen molar-refractivity contribution in [3.63, 3.8) is 0 Å². The van der Waals surface area contributed by atoms with Gasteiger partial charge in [0.1, 0.15) is 0 Å². The van der Waals surface area contributed by atoms with E-state index in [0.29, 0.717) is 5.69 Å². The normalized spacial score (nSPS) is 13.6. The maximum Gasteiger partial charge on any atom is 0.324 e. The second-order valence-electron chi connectivity index (χ2n) is 4.24. The lowest BCUT2D eigenvalue weighted by Crippen LogP contribution is -2.42. The number of benzene rings is 1. The number of fused-ring (bicyclic) bond motifs is 1. The van der Waals surface area contributed by atoms with Gasteiger partial charge in [-0.2, -0.15) is 0 Å². The molecule has 0 bridgehead atoms. The number of amides is 2. The number of nitrogens with two attached hydrogens (primary N) is 1. The first kappa shape index (κ1) is 11.8. The van der Waals surface area contributed by atoms with Crippen LogP contribution in [0, 0.1) is 0 Å². The van der Waals surface area contributed by atoms with Crippen molar-refractivity contribution in [3.05, 3.63) is 23.8 Å². The fraction of sp³-hybridized carbons (Fsp3) is 0.462. The highest BCUT2D eigenvalue weighted by Gasteiger charge is 2.27. The summed E-state index contributed by atoms with van der Waals surface area (Å²) >= 11 is 0. The molecule has 4 nitrogen and oxygen atoms in total. The predicted molar refractivity (Wildman–Crippen MR) is 70.2 cm³/mol. The van der Waals surface area contributed by atoms with Crippen LogP contribution in [0.5, 0.6) is 0 Å². The number of hydrogen-bond acceptors (Lipinski definition) is 2. The first-order valence-electron chi connectivity index (χ1n) is 6.12. The second kappa shape index (κ2) is 4.65. The van der Waals surface area contributed by atoms with Crippen LogP contribution in [0.4, 0.5) is 16.2 Å². The van der Waals surface area contributed by atoms with Crippen LogP contribution < -0.4 is 10.6 Å². The molecule has 1 aliphatic heterocycles. The van der Waals surface area contributed by atoms with E-state index in [1.807, 2.05) is 41.8 Å². The number of nitrogen functional groups attached to an aromatic ring is 1. The second-order valence-corrected chi connectivity index (χ2v) is 4.24. The van der Waals surface area contributed by atoms with E-state index >= 15 is 0 Å². The molecule has 0 aliphatic carbocycles. The van der Waals surface area contributed by atoms with Crippen LogP contribution in [-0.2, 0) is 6.42 Å². The van der Waals surface area contributed by atoms with Crippen molar-refractivity contribution in [2.45, 2.75) is 20.3 Å². The Bertz CT molecular complexity index is 427. The molecule has 0 radical (unpaired) electrons. The number of carbonyl (C=O) groups excluding carboxylic acids is 1. The summed E-state index contributed by atoms with van der Waals surface area (Å²) in [5, 5.41) is 0. The Morgan fingerprint density at radius 1 is 1.41 bits per heavy atom. The molecule has 92 valence electrons. The van der Waals surface area contributed by atoms with Crippen molar-refractivity contribution in [2.24, 2.45) is 0 Å². The van der Waals surface area contributed by atoms with Gasteiger partial charge >= 0.3 is 6.03 Å². The van der Waals surface area contributed by atoms with Crippen molar-refractivity contribution >= 4 is 17.4 Å². The van der Waals surface area contributed by atoms with E-state index in [4.69, 9.17) is 5.73 Å². The monoisotopic (exact) mass is 233 g/mol. The van der Waals surface area contributed by atoms with Crippen molar-refractivity contribution in [2.75, 3.05) is 30.3 Å². The summed E-state index contributed by atoms with van der Waals surface area (Å²) in [7, 11) is 0. The van der Waals surface area contributed by atoms with Gasteiger partial charge in [-0.1, -0.05) is 6.07 Å². The standard InChI is InChI=1S/C13H19N3O/c1-3-15(4-2)13(17)16-8-7-10-5-6-11(14)9-12(10)16/h5-6,9H,3-4,7-8,14H2,1-2H3. The summed E-state index contributed by atoms with van der Waals surface area (Å²) in [6.45, 7) is 6.23. The number of rotatable bonds is 2. The molecule has 1 heterocycles. The summed E-state index contributed by atoms with van der Waals surface area (Å²) < 4.78 is 0. The number of anilines is 2. The topological polar surface area (TPSA) is 49.6 Å². The lowest BCUT2D eigenvalue weighted by molar-refractivity contribution is 0.210. The van der Waals surface area contributed by atoms with Gasteiger partial charge in [-0.05, 0) is 38.0 Å². The molecule has 1 aromatic carbocycles. The Morgan fingerprint density at radius 2 is 2.12 bits per heavy atom. The average Bonchev–Trinajstić information content (AvgIpc) is 2.73. The van der Waals surface area contributed by atoms with Crippen LogP contribution >= 0.6 is 0 Å². The maximum atomic E-state index is 12.3. The van der Waals surface area contributed by atoms with E-state index in [2.05, 4.69) is 0 Å². The number of nitrogens with zero attached hydrogens (tertiary/aromatic N) is 2. The molecule has 4 heteroatoms. The highest BCUT2D eigenvalue weighted by molar-refractivity contribution is 5.94. The fourth-order valence-electron chi connectivity index (χ4n) is 2.26. The maximum absolute atomic E-state index is 12.3. The van der Waals surface area contributed by atoms with Crippen LogP contribution in [0.1, 0.15) is 19.4 Å². The van der Waals surface area contributed by atoms with Gasteiger partial charge in [-0.15, -0.1) is 0 Å². The summed E-state index contributed by atoms with van der Waals surface area (Å²) in [4.78, 5) is 16.0. The predicted octanol–water partition coefficient (Wildman–Crippen LogP) is 2.09. The molecule has 2 N–H and O–H groups in total. The third kappa shape index (κ3) is 2.07. The van der Waals surface area contributed by atoms with Crippen molar-refractivity contribution < 1.29 is 4.79 Å². The summed E-state index contributed by atoms with van der Waals surface area (Å²) in [6, 6.07) is 5.88. The van der Waals surface area contributed by atoms with Crippen molar-refractivity contribution in [1.82, 2.24) is 4.90 Å². The van der Waals surface area contributed by atoms with E-state index in [0.717, 1.165) is 31.7 Å². The largest absolute Gasteiger partial charge is 0.399 e. The lowest BCUT2D eigenvalue weighted by Gasteiger charge is -2.26. The van der Waals surface area contributed by atoms with E-state index in [1.54, 1.807) is 0 Å². The van der Waals surface area contributed by atoms with Crippen molar-refractivity contribution in [3.8, 4) is 0 Å². The van der Waals surface area contributed by atoms with Gasteiger partial charge in [0, 0.05) is 25.3 Å². The average molecular weight is 233 g/mol. The molecular formula is C13H19N3O. The molecule has 1 aliphatic rings. The lowest BCUT2D eigenvalue weighted by atomic mass is 10.1. The van der Waals surface area contributed by atoms with Gasteiger partial charge < -0.3 is 10.6 Å². The van der Waals surface area contributed by atoms with Crippen molar-refractivity contribution in [1.29, 1.82) is 0 Å². The summed E-state index contributed by atoms with van der Waals surface area (Å²) in [5.74, 6) is 0. The van der Waals surface area contributed by atoms with Crippen LogP contribution in [0.15, 0.2) is 18.2 Å². The Kier molecular flexibility index (Phi) is 3.22. The summed E-state index contributed by atoms with van der Waals surface area (Å²) in [5.41, 5.74) is 8.68. The molecule has 0 saturated heterocycles. The Balaban J connectivity index is 2.27. The molecule has 1 aromatic rings. The molecule has 2 rings (SSSR count). The fourth-order valence-corrected chi connectivity index (χ4v) is 2.26. The minimum absolute atomic E-state index is 0.0827. The first-order valence-corrected chi connectivity index (χ1v) is 6.12. The molecule has 0 aromatic heterocycles. The van der Waals surface area contributed by atoms with Gasteiger partial charge in [0.25, 0.3) is 0 Å². The number of urea groups is 1. The number of hydrogen-bond donors (Lipinski definition) is 1. The van der Waals surface area contributed by atoms with Crippen LogP contribution in [0.3, 0.4) is 0 Å². The first-order chi connectivity index (χ1) is 8.17. The molecule has 0 saturated carbocycles. The Morgan fingerprint density at radius 3 is 2.76 bits per heavy atom. The van der Waals surface area contributed by atoms with Gasteiger partial charge in [0.15, 0.2) is 0 Å². The van der Waals surface area contributed by atoms with Crippen LogP contribution in [0.25, 0.3) is 0 Å². The molecule has 0 atom stereocenters. The molecule has 2 amide bonds. The van der Waals surface area contributed by atoms with Gasteiger partial charge in [0.05, 0.1) is 5.69 Å². The molecule has 0 unspecified atom stereocenters. The SMILES string of the molecule is CCN(CC)C(=O)N1CCc2ccc(N)cc21. The molecule has 17 heavy (non-hydrogen) atoms. The highest BCUT2D eigenvalue weighted by Crippen LogP contribution is 2.30. The zero-order valence-electron chi connectivity index (χ0n) is 10.4. The van der Waals surface area contributed by atoms with Gasteiger partial charge in [0.2, 0.25) is 0 Å². The number of carbonyl (C=O) groups is 1. The zero-order chi connectivity index (χ0) is 12.4. The quantitative estimate of drug-likeness (QED) is 0.795. The summed E-state index contributed by atoms with van der Waals surface area (Å²) in [6.07, 6.45) is 0.919. The third-order valence-corrected chi connectivity index (χ3v) is 3.27. The van der Waals surface area contributed by atoms with E-state index in [1.165, 1.54) is 5.56 Å². The molecular weight excluding hydrogens is 214 g/mol. The van der Waals surface area contributed by atoms with Crippen LogP contribution in [0.2, 0.25) is 0 Å². The third-order valence-electron chi connectivity index (χ3n) is 3.27. The Hall–Kier alpha value is -1.71. The smallest absolute Gasteiger partial charge is 0.324 e.